The minimum atomic E-state index is -0.505. The Balaban J connectivity index is 2.20. The number of hydrogen-bond donors (Lipinski definition) is 2. The molecule has 1 heterocycles. The van der Waals surface area contributed by atoms with Gasteiger partial charge >= 0.3 is 6.09 Å². The summed E-state index contributed by atoms with van der Waals surface area (Å²) < 4.78 is 5.45. The third-order valence-corrected chi connectivity index (χ3v) is 3.35. The molecular formula is C15H23N3O2. The highest BCUT2D eigenvalue weighted by atomic mass is 16.6. The van der Waals surface area contributed by atoms with Crippen molar-refractivity contribution in [2.75, 3.05) is 12.3 Å². The Morgan fingerprint density at radius 3 is 2.45 bits per heavy atom. The zero-order chi connectivity index (χ0) is 14.9. The van der Waals surface area contributed by atoms with Gasteiger partial charge in [0, 0.05) is 18.3 Å². The first-order valence-corrected chi connectivity index (χ1v) is 6.88. The third-order valence-electron chi connectivity index (χ3n) is 3.35. The van der Waals surface area contributed by atoms with E-state index in [-0.39, 0.29) is 18.2 Å². The van der Waals surface area contributed by atoms with Crippen LogP contribution in [0.3, 0.4) is 0 Å². The lowest BCUT2D eigenvalue weighted by Crippen LogP contribution is -2.39. The van der Waals surface area contributed by atoms with Crippen LogP contribution in [0.5, 0.6) is 0 Å². The molecule has 1 aromatic carbocycles. The van der Waals surface area contributed by atoms with Gasteiger partial charge in [-0.3, -0.25) is 4.90 Å². The molecule has 4 N–H and O–H groups in total. The average Bonchev–Trinajstić information content (AvgIpc) is 2.70. The van der Waals surface area contributed by atoms with Crippen molar-refractivity contribution in [2.24, 2.45) is 5.73 Å². The highest BCUT2D eigenvalue weighted by Crippen LogP contribution is 2.32. The van der Waals surface area contributed by atoms with Crippen LogP contribution in [-0.2, 0) is 4.74 Å². The topological polar surface area (TPSA) is 81.6 Å². The molecule has 2 rings (SSSR count). The molecule has 0 aliphatic carbocycles. The van der Waals surface area contributed by atoms with Gasteiger partial charge < -0.3 is 16.2 Å². The summed E-state index contributed by atoms with van der Waals surface area (Å²) in [6.07, 6.45) is 0.459. The smallest absolute Gasteiger partial charge is 0.410 e. The Morgan fingerprint density at radius 2 is 1.90 bits per heavy atom. The monoisotopic (exact) mass is 277 g/mol. The quantitative estimate of drug-likeness (QED) is 0.772. The van der Waals surface area contributed by atoms with Crippen molar-refractivity contribution in [1.29, 1.82) is 0 Å². The van der Waals surface area contributed by atoms with E-state index in [0.717, 1.165) is 12.0 Å². The summed E-state index contributed by atoms with van der Waals surface area (Å²) in [4.78, 5) is 14.0. The molecule has 2 atom stereocenters. The van der Waals surface area contributed by atoms with Crippen LogP contribution >= 0.6 is 0 Å². The van der Waals surface area contributed by atoms with Crippen LogP contribution in [0.2, 0.25) is 0 Å². The van der Waals surface area contributed by atoms with Crippen molar-refractivity contribution < 1.29 is 9.53 Å². The summed E-state index contributed by atoms with van der Waals surface area (Å²) in [6.45, 7) is 6.20. The van der Waals surface area contributed by atoms with E-state index in [2.05, 4.69) is 0 Å². The summed E-state index contributed by atoms with van der Waals surface area (Å²) in [7, 11) is 0. The first kappa shape index (κ1) is 14.7. The fraction of sp³-hybridized carbons (Fsp3) is 0.533. The summed E-state index contributed by atoms with van der Waals surface area (Å²) in [5.74, 6) is 0. The van der Waals surface area contributed by atoms with Crippen molar-refractivity contribution in [3.63, 3.8) is 0 Å². The Labute approximate surface area is 119 Å². The number of likely N-dealkylation sites (tertiary alicyclic amines) is 1. The maximum Gasteiger partial charge on any atom is 0.410 e. The number of nitrogens with two attached hydrogens (primary N) is 2. The SMILES string of the molecule is CC(C)(C)OC(=O)N1CC[C@H](N)[C@@H]1c1ccc(N)cc1. The molecule has 1 fully saturated rings. The Morgan fingerprint density at radius 1 is 1.30 bits per heavy atom. The number of ether oxygens (including phenoxy) is 1. The van der Waals surface area contributed by atoms with Gasteiger partial charge in [0.1, 0.15) is 5.60 Å². The molecule has 20 heavy (non-hydrogen) atoms. The number of benzene rings is 1. The minimum absolute atomic E-state index is 0.0776. The van der Waals surface area contributed by atoms with Crippen molar-refractivity contribution >= 4 is 11.8 Å². The van der Waals surface area contributed by atoms with Crippen LogP contribution in [0.15, 0.2) is 24.3 Å². The van der Waals surface area contributed by atoms with Gasteiger partial charge in [0.25, 0.3) is 0 Å². The molecular weight excluding hydrogens is 254 g/mol. The number of anilines is 1. The van der Waals surface area contributed by atoms with Crippen molar-refractivity contribution in [3.8, 4) is 0 Å². The van der Waals surface area contributed by atoms with Gasteiger partial charge in [0.2, 0.25) is 0 Å². The second kappa shape index (κ2) is 5.32. The summed E-state index contributed by atoms with van der Waals surface area (Å²) in [6, 6.07) is 7.27. The number of amides is 1. The van der Waals surface area contributed by atoms with E-state index in [9.17, 15) is 4.79 Å². The molecule has 1 aliphatic heterocycles. The van der Waals surface area contributed by atoms with Crippen LogP contribution in [0, 0.1) is 0 Å². The molecule has 1 amide bonds. The maximum atomic E-state index is 12.3. The van der Waals surface area contributed by atoms with Crippen LogP contribution in [-0.4, -0.2) is 29.2 Å². The predicted octanol–water partition coefficient (Wildman–Crippen LogP) is 2.28. The lowest BCUT2D eigenvalue weighted by atomic mass is 10.0. The first-order chi connectivity index (χ1) is 9.28. The van der Waals surface area contributed by atoms with Crippen molar-refractivity contribution in [2.45, 2.75) is 44.9 Å². The van der Waals surface area contributed by atoms with E-state index < -0.39 is 5.60 Å². The van der Waals surface area contributed by atoms with Crippen LogP contribution in [0.25, 0.3) is 0 Å². The number of hydrogen-bond acceptors (Lipinski definition) is 4. The van der Waals surface area contributed by atoms with E-state index in [1.807, 2.05) is 45.0 Å². The minimum Gasteiger partial charge on any atom is -0.444 e. The normalized spacial score (nSPS) is 22.9. The first-order valence-electron chi connectivity index (χ1n) is 6.88. The number of carbonyl (C=O) groups is 1. The molecule has 0 saturated carbocycles. The van der Waals surface area contributed by atoms with E-state index >= 15 is 0 Å². The van der Waals surface area contributed by atoms with Crippen molar-refractivity contribution in [3.05, 3.63) is 29.8 Å². The molecule has 1 aromatic rings. The predicted molar refractivity (Wildman–Crippen MR) is 79.1 cm³/mol. The molecule has 5 heteroatoms. The standard InChI is InChI=1S/C15H23N3O2/c1-15(2,3)20-14(19)18-9-8-12(17)13(18)10-4-6-11(16)7-5-10/h4-7,12-13H,8-9,16-17H2,1-3H3/t12-,13-/m0/s1. The average molecular weight is 277 g/mol. The molecule has 0 unspecified atom stereocenters. The zero-order valence-electron chi connectivity index (χ0n) is 12.3. The highest BCUT2D eigenvalue weighted by molar-refractivity contribution is 5.69. The van der Waals surface area contributed by atoms with Crippen LogP contribution in [0.1, 0.15) is 38.8 Å². The molecule has 5 nitrogen and oxygen atoms in total. The van der Waals surface area contributed by atoms with E-state index in [1.165, 1.54) is 0 Å². The number of rotatable bonds is 1. The summed E-state index contributed by atoms with van der Waals surface area (Å²) >= 11 is 0. The summed E-state index contributed by atoms with van der Waals surface area (Å²) in [5.41, 5.74) is 13.1. The van der Waals surface area contributed by atoms with Crippen LogP contribution in [0.4, 0.5) is 10.5 Å². The third kappa shape index (κ3) is 3.22. The summed E-state index contributed by atoms with van der Waals surface area (Å²) in [5, 5.41) is 0. The second-order valence-corrected chi connectivity index (χ2v) is 6.24. The van der Waals surface area contributed by atoms with Crippen molar-refractivity contribution in [1.82, 2.24) is 4.90 Å². The van der Waals surface area contributed by atoms with E-state index in [0.29, 0.717) is 12.2 Å². The van der Waals surface area contributed by atoms with Gasteiger partial charge in [0.05, 0.1) is 6.04 Å². The van der Waals surface area contributed by atoms with Gasteiger partial charge in [-0.1, -0.05) is 12.1 Å². The number of nitrogens with zero attached hydrogens (tertiary/aromatic N) is 1. The van der Waals surface area contributed by atoms with Gasteiger partial charge in [0.15, 0.2) is 0 Å². The molecule has 0 radical (unpaired) electrons. The fourth-order valence-electron chi connectivity index (χ4n) is 2.46. The van der Waals surface area contributed by atoms with E-state index in [1.54, 1.807) is 4.90 Å². The second-order valence-electron chi connectivity index (χ2n) is 6.24. The molecule has 0 bridgehead atoms. The van der Waals surface area contributed by atoms with E-state index in [4.69, 9.17) is 16.2 Å². The lowest BCUT2D eigenvalue weighted by Gasteiger charge is -2.30. The van der Waals surface area contributed by atoms with Gasteiger partial charge in [-0.25, -0.2) is 4.79 Å². The number of nitrogen functional groups attached to an aromatic ring is 1. The molecule has 0 aromatic heterocycles. The Bertz CT molecular complexity index is 479. The molecule has 1 aliphatic rings. The van der Waals surface area contributed by atoms with Gasteiger partial charge in [-0.15, -0.1) is 0 Å². The molecule has 110 valence electrons. The van der Waals surface area contributed by atoms with Gasteiger partial charge in [-0.2, -0.15) is 0 Å². The highest BCUT2D eigenvalue weighted by Gasteiger charge is 2.38. The molecule has 1 saturated heterocycles. The lowest BCUT2D eigenvalue weighted by molar-refractivity contribution is 0.0218. The van der Waals surface area contributed by atoms with Crippen LogP contribution < -0.4 is 11.5 Å². The molecule has 0 spiro atoms. The number of carbonyl (C=O) groups excluding carboxylic acids is 1. The maximum absolute atomic E-state index is 12.3. The van der Waals surface area contributed by atoms with Gasteiger partial charge in [-0.05, 0) is 44.9 Å². The fourth-order valence-corrected chi connectivity index (χ4v) is 2.46. The Kier molecular flexibility index (Phi) is 3.90. The zero-order valence-corrected chi connectivity index (χ0v) is 12.3. The largest absolute Gasteiger partial charge is 0.444 e. The Hall–Kier alpha value is -1.75.